The van der Waals surface area contributed by atoms with E-state index >= 15 is 0 Å². The molecule has 0 unspecified atom stereocenters. The van der Waals surface area contributed by atoms with Gasteiger partial charge in [-0.25, -0.2) is 4.79 Å². The molecule has 18 heavy (non-hydrogen) atoms. The van der Waals surface area contributed by atoms with Gasteiger partial charge in [0, 0.05) is 18.0 Å². The van der Waals surface area contributed by atoms with Crippen LogP contribution in [0.15, 0.2) is 23.1 Å². The summed E-state index contributed by atoms with van der Waals surface area (Å²) in [6, 6.07) is 6.36. The van der Waals surface area contributed by atoms with Gasteiger partial charge in [-0.15, -0.1) is 11.8 Å². The summed E-state index contributed by atoms with van der Waals surface area (Å²) in [6.45, 7) is 6.97. The van der Waals surface area contributed by atoms with Crippen molar-refractivity contribution in [2.75, 3.05) is 6.26 Å². The highest BCUT2D eigenvalue weighted by Crippen LogP contribution is 2.28. The standard InChI is InChI=1S/C14H19NO2S/c1-14(2,3)17-13(16)15-8-10-5-6-12(18-4)7-11(10)9-15/h5-7H,8-9H2,1-4H3. The molecule has 0 saturated heterocycles. The summed E-state index contributed by atoms with van der Waals surface area (Å²) < 4.78 is 5.39. The molecule has 98 valence electrons. The number of carbonyl (C=O) groups excluding carboxylic acids is 1. The van der Waals surface area contributed by atoms with Crippen LogP contribution in [-0.2, 0) is 17.8 Å². The number of nitrogens with zero attached hydrogens (tertiary/aromatic N) is 1. The Balaban J connectivity index is 2.08. The fourth-order valence-electron chi connectivity index (χ4n) is 1.95. The van der Waals surface area contributed by atoms with E-state index in [0.717, 1.165) is 0 Å². The van der Waals surface area contributed by atoms with E-state index in [9.17, 15) is 4.79 Å². The van der Waals surface area contributed by atoms with Gasteiger partial charge in [0.15, 0.2) is 0 Å². The first-order valence-electron chi connectivity index (χ1n) is 6.03. The number of benzene rings is 1. The molecule has 0 aliphatic carbocycles. The number of hydrogen-bond donors (Lipinski definition) is 0. The Labute approximate surface area is 113 Å². The zero-order valence-corrected chi connectivity index (χ0v) is 12.1. The SMILES string of the molecule is CSc1ccc2c(c1)CN(C(=O)OC(C)(C)C)C2. The summed E-state index contributed by atoms with van der Waals surface area (Å²) in [5.74, 6) is 0. The second-order valence-electron chi connectivity index (χ2n) is 5.47. The highest BCUT2D eigenvalue weighted by molar-refractivity contribution is 7.98. The number of amides is 1. The van der Waals surface area contributed by atoms with Crippen molar-refractivity contribution in [2.24, 2.45) is 0 Å². The van der Waals surface area contributed by atoms with E-state index in [2.05, 4.69) is 24.5 Å². The molecule has 1 heterocycles. The first-order valence-corrected chi connectivity index (χ1v) is 7.25. The Morgan fingerprint density at radius 1 is 1.28 bits per heavy atom. The minimum absolute atomic E-state index is 0.232. The molecule has 1 aromatic rings. The minimum Gasteiger partial charge on any atom is -0.444 e. The van der Waals surface area contributed by atoms with Crippen LogP contribution >= 0.6 is 11.8 Å². The predicted molar refractivity (Wildman–Crippen MR) is 73.7 cm³/mol. The molecule has 0 aromatic heterocycles. The molecular weight excluding hydrogens is 246 g/mol. The van der Waals surface area contributed by atoms with Gasteiger partial charge < -0.3 is 4.74 Å². The molecule has 1 aromatic carbocycles. The highest BCUT2D eigenvalue weighted by atomic mass is 32.2. The van der Waals surface area contributed by atoms with E-state index < -0.39 is 5.60 Å². The summed E-state index contributed by atoms with van der Waals surface area (Å²) in [6.07, 6.45) is 1.83. The fraction of sp³-hybridized carbons (Fsp3) is 0.500. The van der Waals surface area contributed by atoms with E-state index in [0.29, 0.717) is 13.1 Å². The lowest BCUT2D eigenvalue weighted by atomic mass is 10.1. The lowest BCUT2D eigenvalue weighted by molar-refractivity contribution is 0.0242. The average Bonchev–Trinajstić information content (AvgIpc) is 2.69. The van der Waals surface area contributed by atoms with E-state index in [4.69, 9.17) is 4.74 Å². The first kappa shape index (κ1) is 13.3. The van der Waals surface area contributed by atoms with Gasteiger partial charge in [-0.2, -0.15) is 0 Å². The lowest BCUT2D eigenvalue weighted by Gasteiger charge is -2.24. The van der Waals surface area contributed by atoms with Crippen molar-refractivity contribution in [3.63, 3.8) is 0 Å². The second kappa shape index (κ2) is 4.84. The summed E-state index contributed by atoms with van der Waals surface area (Å²) in [5, 5.41) is 0. The van der Waals surface area contributed by atoms with Gasteiger partial charge in [-0.05, 0) is 50.3 Å². The third kappa shape index (κ3) is 2.99. The van der Waals surface area contributed by atoms with Gasteiger partial charge in [-0.1, -0.05) is 6.07 Å². The lowest BCUT2D eigenvalue weighted by Crippen LogP contribution is -2.33. The topological polar surface area (TPSA) is 29.5 Å². The van der Waals surface area contributed by atoms with E-state index in [1.54, 1.807) is 16.7 Å². The van der Waals surface area contributed by atoms with Gasteiger partial charge in [0.25, 0.3) is 0 Å². The van der Waals surface area contributed by atoms with Crippen molar-refractivity contribution in [3.8, 4) is 0 Å². The van der Waals surface area contributed by atoms with Crippen molar-refractivity contribution in [2.45, 2.75) is 44.4 Å². The predicted octanol–water partition coefficient (Wildman–Crippen LogP) is 3.66. The monoisotopic (exact) mass is 265 g/mol. The molecule has 0 spiro atoms. The molecule has 3 nitrogen and oxygen atoms in total. The van der Waals surface area contributed by atoms with Crippen LogP contribution in [0.25, 0.3) is 0 Å². The van der Waals surface area contributed by atoms with E-state index in [1.807, 2.05) is 20.8 Å². The largest absolute Gasteiger partial charge is 0.444 e. The van der Waals surface area contributed by atoms with Crippen molar-refractivity contribution < 1.29 is 9.53 Å². The third-order valence-corrected chi connectivity index (χ3v) is 3.51. The fourth-order valence-corrected chi connectivity index (χ4v) is 2.42. The molecule has 1 aliphatic rings. The summed E-state index contributed by atoms with van der Waals surface area (Å²) >= 11 is 1.72. The Kier molecular flexibility index (Phi) is 3.57. The minimum atomic E-state index is -0.434. The van der Waals surface area contributed by atoms with Crippen molar-refractivity contribution in [3.05, 3.63) is 29.3 Å². The van der Waals surface area contributed by atoms with Gasteiger partial charge in [0.2, 0.25) is 0 Å². The van der Waals surface area contributed by atoms with Crippen molar-refractivity contribution in [1.29, 1.82) is 0 Å². The van der Waals surface area contributed by atoms with Crippen molar-refractivity contribution >= 4 is 17.9 Å². The van der Waals surface area contributed by atoms with E-state index in [-0.39, 0.29) is 6.09 Å². The Morgan fingerprint density at radius 3 is 2.56 bits per heavy atom. The normalized spacial score (nSPS) is 14.6. The number of carbonyl (C=O) groups is 1. The second-order valence-corrected chi connectivity index (χ2v) is 6.35. The Bertz CT molecular complexity index is 465. The first-order chi connectivity index (χ1) is 8.39. The van der Waals surface area contributed by atoms with Crippen LogP contribution in [0.5, 0.6) is 0 Å². The van der Waals surface area contributed by atoms with Crippen LogP contribution < -0.4 is 0 Å². The molecule has 4 heteroatoms. The molecule has 0 atom stereocenters. The third-order valence-electron chi connectivity index (χ3n) is 2.79. The molecule has 0 saturated carbocycles. The Hall–Kier alpha value is -1.16. The molecular formula is C14H19NO2S. The average molecular weight is 265 g/mol. The van der Waals surface area contributed by atoms with Gasteiger partial charge >= 0.3 is 6.09 Å². The van der Waals surface area contributed by atoms with Crippen LogP contribution in [0, 0.1) is 0 Å². The summed E-state index contributed by atoms with van der Waals surface area (Å²) in [4.78, 5) is 15.0. The van der Waals surface area contributed by atoms with Gasteiger partial charge in [-0.3, -0.25) is 4.90 Å². The summed E-state index contributed by atoms with van der Waals surface area (Å²) in [5.41, 5.74) is 2.02. The number of rotatable bonds is 1. The van der Waals surface area contributed by atoms with Gasteiger partial charge in [0.05, 0.1) is 0 Å². The van der Waals surface area contributed by atoms with Crippen LogP contribution in [0.2, 0.25) is 0 Å². The molecule has 0 N–H and O–H groups in total. The highest BCUT2D eigenvalue weighted by Gasteiger charge is 2.27. The van der Waals surface area contributed by atoms with Crippen molar-refractivity contribution in [1.82, 2.24) is 4.90 Å². The maximum absolute atomic E-state index is 12.0. The number of hydrogen-bond acceptors (Lipinski definition) is 3. The van der Waals surface area contributed by atoms with Crippen LogP contribution in [0.3, 0.4) is 0 Å². The molecule has 1 aliphatic heterocycles. The molecule has 0 bridgehead atoms. The maximum Gasteiger partial charge on any atom is 0.410 e. The van der Waals surface area contributed by atoms with E-state index in [1.165, 1.54) is 16.0 Å². The zero-order valence-electron chi connectivity index (χ0n) is 11.3. The van der Waals surface area contributed by atoms with Crippen LogP contribution in [0.4, 0.5) is 4.79 Å². The number of thioether (sulfide) groups is 1. The summed E-state index contributed by atoms with van der Waals surface area (Å²) in [7, 11) is 0. The van der Waals surface area contributed by atoms with Crippen LogP contribution in [0.1, 0.15) is 31.9 Å². The quantitative estimate of drug-likeness (QED) is 0.726. The Morgan fingerprint density at radius 2 is 1.94 bits per heavy atom. The van der Waals surface area contributed by atoms with Crippen LogP contribution in [-0.4, -0.2) is 22.8 Å². The molecule has 0 fully saturated rings. The zero-order chi connectivity index (χ0) is 13.3. The molecule has 0 radical (unpaired) electrons. The number of fused-ring (bicyclic) bond motifs is 1. The smallest absolute Gasteiger partial charge is 0.410 e. The maximum atomic E-state index is 12.0. The van der Waals surface area contributed by atoms with Gasteiger partial charge in [0.1, 0.15) is 5.60 Å². The number of ether oxygens (including phenoxy) is 1. The molecule has 1 amide bonds. The molecule has 2 rings (SSSR count).